The van der Waals surface area contributed by atoms with Crippen molar-refractivity contribution in [1.82, 2.24) is 9.97 Å². The predicted molar refractivity (Wildman–Crippen MR) is 80.1 cm³/mol. The number of hydrogen-bond donors (Lipinski definition) is 1. The van der Waals surface area contributed by atoms with E-state index in [9.17, 15) is 5.11 Å². The molecule has 0 amide bonds. The zero-order valence-corrected chi connectivity index (χ0v) is 11.8. The summed E-state index contributed by atoms with van der Waals surface area (Å²) in [5, 5.41) is 11.3. The van der Waals surface area contributed by atoms with Gasteiger partial charge in [0.2, 0.25) is 0 Å². The van der Waals surface area contributed by atoms with Gasteiger partial charge in [-0.1, -0.05) is 35.3 Å². The van der Waals surface area contributed by atoms with Crippen LogP contribution >= 0.6 is 23.2 Å². The highest BCUT2D eigenvalue weighted by Crippen LogP contribution is 2.29. The third-order valence-electron chi connectivity index (χ3n) is 3.07. The van der Waals surface area contributed by atoms with Crippen LogP contribution in [0.25, 0.3) is 11.0 Å². The molecule has 20 heavy (non-hydrogen) atoms. The lowest BCUT2D eigenvalue weighted by atomic mass is 10.0. The molecular formula is C15H10Cl2N2O. The molecule has 1 heterocycles. The van der Waals surface area contributed by atoms with E-state index >= 15 is 0 Å². The minimum Gasteiger partial charge on any atom is -0.384 e. The molecule has 0 aliphatic carbocycles. The summed E-state index contributed by atoms with van der Waals surface area (Å²) < 4.78 is 0. The van der Waals surface area contributed by atoms with E-state index in [1.54, 1.807) is 30.6 Å². The summed E-state index contributed by atoms with van der Waals surface area (Å²) >= 11 is 11.9. The molecule has 2 aromatic carbocycles. The van der Waals surface area contributed by atoms with Crippen LogP contribution in [0.4, 0.5) is 0 Å². The van der Waals surface area contributed by atoms with Crippen molar-refractivity contribution in [2.75, 3.05) is 0 Å². The van der Waals surface area contributed by atoms with Crippen LogP contribution in [0, 0.1) is 0 Å². The van der Waals surface area contributed by atoms with Gasteiger partial charge in [0.1, 0.15) is 6.10 Å². The Kier molecular flexibility index (Phi) is 3.57. The van der Waals surface area contributed by atoms with Crippen molar-refractivity contribution < 1.29 is 5.11 Å². The molecule has 0 radical (unpaired) electrons. The Hall–Kier alpha value is -1.68. The largest absolute Gasteiger partial charge is 0.384 e. The maximum atomic E-state index is 10.4. The number of aromatic nitrogens is 2. The van der Waals surface area contributed by atoms with E-state index in [1.807, 2.05) is 18.2 Å². The third kappa shape index (κ3) is 2.48. The lowest BCUT2D eigenvalue weighted by Crippen LogP contribution is -2.00. The minimum absolute atomic E-state index is 0.420. The number of aliphatic hydroxyl groups excluding tert-OH is 1. The van der Waals surface area contributed by atoms with Gasteiger partial charge in [0.15, 0.2) is 0 Å². The molecule has 0 saturated heterocycles. The van der Waals surface area contributed by atoms with E-state index in [1.165, 1.54) is 0 Å². The molecule has 0 spiro atoms. The van der Waals surface area contributed by atoms with Crippen molar-refractivity contribution in [3.8, 4) is 0 Å². The molecule has 0 saturated carbocycles. The topological polar surface area (TPSA) is 46.0 Å². The molecule has 0 aliphatic rings. The highest BCUT2D eigenvalue weighted by Gasteiger charge is 2.13. The molecule has 1 aromatic heterocycles. The third-order valence-corrected chi connectivity index (χ3v) is 3.81. The lowest BCUT2D eigenvalue weighted by Gasteiger charge is -2.12. The van der Waals surface area contributed by atoms with Gasteiger partial charge in [-0.05, 0) is 35.4 Å². The smallest absolute Gasteiger partial charge is 0.104 e. The maximum Gasteiger partial charge on any atom is 0.104 e. The summed E-state index contributed by atoms with van der Waals surface area (Å²) in [6.45, 7) is 0. The molecule has 0 aliphatic heterocycles. The van der Waals surface area contributed by atoms with Crippen LogP contribution < -0.4 is 0 Å². The highest BCUT2D eigenvalue weighted by atomic mass is 35.5. The summed E-state index contributed by atoms with van der Waals surface area (Å²) in [5.74, 6) is 0. The highest BCUT2D eigenvalue weighted by molar-refractivity contribution is 6.42. The number of nitrogens with zero attached hydrogens (tertiary/aromatic N) is 2. The Morgan fingerprint density at radius 2 is 1.45 bits per heavy atom. The second-order valence-electron chi connectivity index (χ2n) is 4.38. The first-order valence-corrected chi connectivity index (χ1v) is 6.74. The Bertz CT molecular complexity index is 777. The van der Waals surface area contributed by atoms with Crippen LogP contribution in [0.3, 0.4) is 0 Å². The monoisotopic (exact) mass is 304 g/mol. The van der Waals surface area contributed by atoms with Crippen LogP contribution in [-0.4, -0.2) is 15.1 Å². The average molecular weight is 305 g/mol. The van der Waals surface area contributed by atoms with Crippen molar-refractivity contribution in [2.45, 2.75) is 6.10 Å². The van der Waals surface area contributed by atoms with Crippen molar-refractivity contribution in [3.05, 3.63) is 70.0 Å². The Labute approximate surface area is 125 Å². The van der Waals surface area contributed by atoms with E-state index in [-0.39, 0.29) is 0 Å². The SMILES string of the molecule is OC(c1ccc(Cl)c(Cl)c1)c1ccc2nccnc2c1. The first-order chi connectivity index (χ1) is 9.65. The molecular weight excluding hydrogens is 295 g/mol. The van der Waals surface area contributed by atoms with Crippen LogP contribution in [0.15, 0.2) is 48.8 Å². The van der Waals surface area contributed by atoms with Crippen LogP contribution in [0.1, 0.15) is 17.2 Å². The number of fused-ring (bicyclic) bond motifs is 1. The first kappa shape index (κ1) is 13.3. The second-order valence-corrected chi connectivity index (χ2v) is 5.19. The quantitative estimate of drug-likeness (QED) is 0.778. The van der Waals surface area contributed by atoms with E-state index in [4.69, 9.17) is 23.2 Å². The zero-order chi connectivity index (χ0) is 14.1. The van der Waals surface area contributed by atoms with E-state index in [0.717, 1.165) is 16.6 Å². The van der Waals surface area contributed by atoms with Crippen molar-refractivity contribution >= 4 is 34.2 Å². The van der Waals surface area contributed by atoms with Gasteiger partial charge in [0.25, 0.3) is 0 Å². The molecule has 1 N–H and O–H groups in total. The van der Waals surface area contributed by atoms with Gasteiger partial charge in [-0.15, -0.1) is 0 Å². The second kappa shape index (κ2) is 5.37. The van der Waals surface area contributed by atoms with Crippen molar-refractivity contribution in [3.63, 3.8) is 0 Å². The summed E-state index contributed by atoms with van der Waals surface area (Å²) in [7, 11) is 0. The van der Waals surface area contributed by atoms with Crippen LogP contribution in [0.2, 0.25) is 10.0 Å². The van der Waals surface area contributed by atoms with E-state index in [0.29, 0.717) is 15.6 Å². The minimum atomic E-state index is -0.781. The molecule has 1 unspecified atom stereocenters. The number of hydrogen-bond acceptors (Lipinski definition) is 3. The normalized spacial score (nSPS) is 12.6. The Morgan fingerprint density at radius 1 is 0.800 bits per heavy atom. The zero-order valence-electron chi connectivity index (χ0n) is 10.3. The van der Waals surface area contributed by atoms with Gasteiger partial charge in [0, 0.05) is 12.4 Å². The summed E-state index contributed by atoms with van der Waals surface area (Å²) in [4.78, 5) is 8.43. The molecule has 0 fully saturated rings. The molecule has 100 valence electrons. The van der Waals surface area contributed by atoms with Gasteiger partial charge in [-0.25, -0.2) is 0 Å². The molecule has 5 heteroatoms. The maximum absolute atomic E-state index is 10.4. The van der Waals surface area contributed by atoms with Gasteiger partial charge in [0.05, 0.1) is 21.1 Å². The fraction of sp³-hybridized carbons (Fsp3) is 0.0667. The molecule has 3 aromatic rings. The van der Waals surface area contributed by atoms with E-state index < -0.39 is 6.10 Å². The molecule has 3 nitrogen and oxygen atoms in total. The van der Waals surface area contributed by atoms with Gasteiger partial charge in [-0.3, -0.25) is 9.97 Å². The Morgan fingerprint density at radius 3 is 2.20 bits per heavy atom. The fourth-order valence-electron chi connectivity index (χ4n) is 2.03. The average Bonchev–Trinajstić information content (AvgIpc) is 2.49. The number of halogens is 2. The summed E-state index contributed by atoms with van der Waals surface area (Å²) in [6, 6.07) is 10.6. The predicted octanol–water partition coefficient (Wildman–Crippen LogP) is 4.02. The lowest BCUT2D eigenvalue weighted by molar-refractivity contribution is 0.220. The van der Waals surface area contributed by atoms with Gasteiger partial charge >= 0.3 is 0 Å². The summed E-state index contributed by atoms with van der Waals surface area (Å²) in [6.07, 6.45) is 2.48. The molecule has 1 atom stereocenters. The van der Waals surface area contributed by atoms with Crippen molar-refractivity contribution in [1.29, 1.82) is 0 Å². The standard InChI is InChI=1S/C15H10Cl2N2O/c16-11-3-1-9(7-12(11)17)15(20)10-2-4-13-14(8-10)19-6-5-18-13/h1-8,15,20H. The van der Waals surface area contributed by atoms with Gasteiger partial charge in [-0.2, -0.15) is 0 Å². The van der Waals surface area contributed by atoms with Crippen LogP contribution in [0.5, 0.6) is 0 Å². The van der Waals surface area contributed by atoms with Gasteiger partial charge < -0.3 is 5.11 Å². The molecule has 0 bridgehead atoms. The number of aliphatic hydroxyl groups is 1. The van der Waals surface area contributed by atoms with Crippen molar-refractivity contribution in [2.24, 2.45) is 0 Å². The Balaban J connectivity index is 2.02. The van der Waals surface area contributed by atoms with E-state index in [2.05, 4.69) is 9.97 Å². The van der Waals surface area contributed by atoms with Crippen LogP contribution in [-0.2, 0) is 0 Å². The fourth-order valence-corrected chi connectivity index (χ4v) is 2.33. The summed E-state index contributed by atoms with van der Waals surface area (Å²) in [5.41, 5.74) is 2.95. The number of rotatable bonds is 2. The first-order valence-electron chi connectivity index (χ1n) is 5.99. The molecule has 3 rings (SSSR count). The number of benzene rings is 2.